The first-order valence-corrected chi connectivity index (χ1v) is 4.38. The number of H-pyrrole nitrogens is 1. The fraction of sp³-hybridized carbons (Fsp3) is 0. The van der Waals surface area contributed by atoms with Crippen molar-refractivity contribution in [3.63, 3.8) is 0 Å². The van der Waals surface area contributed by atoms with Crippen LogP contribution >= 0.6 is 0 Å². The van der Waals surface area contributed by atoms with E-state index in [9.17, 15) is 14.4 Å². The number of hydrogen-bond acceptors (Lipinski definition) is 6. The van der Waals surface area contributed by atoms with E-state index >= 15 is 0 Å². The molecule has 17 heavy (non-hydrogen) atoms. The second-order valence-corrected chi connectivity index (χ2v) is 2.84. The highest BCUT2D eigenvalue weighted by molar-refractivity contribution is 5.16. The van der Waals surface area contributed by atoms with Gasteiger partial charge in [-0.3, -0.25) is 4.98 Å². The Bertz CT molecular complexity index is 725. The molecule has 0 fully saturated rings. The van der Waals surface area contributed by atoms with Gasteiger partial charge in [-0.05, 0) is 0 Å². The van der Waals surface area contributed by atoms with Crippen molar-refractivity contribution < 1.29 is 0 Å². The molecule has 2 aromatic heterocycles. The van der Waals surface area contributed by atoms with Crippen LogP contribution in [0.2, 0.25) is 0 Å². The molecule has 0 spiro atoms. The maximum atomic E-state index is 11.8. The summed E-state index contributed by atoms with van der Waals surface area (Å²) in [5.74, 6) is -0.179. The summed E-state index contributed by atoms with van der Waals surface area (Å²) in [6.45, 7) is 3.29. The second-order valence-electron chi connectivity index (χ2n) is 2.84. The van der Waals surface area contributed by atoms with Gasteiger partial charge in [0.15, 0.2) is 0 Å². The number of aromatic nitrogens is 6. The van der Waals surface area contributed by atoms with E-state index in [1.54, 1.807) is 0 Å². The summed E-state index contributed by atoms with van der Waals surface area (Å²) in [6.07, 6.45) is 3.23. The van der Waals surface area contributed by atoms with Gasteiger partial charge in [-0.2, -0.15) is 4.57 Å². The quantitative estimate of drug-likeness (QED) is 0.640. The first-order valence-electron chi connectivity index (χ1n) is 4.38. The van der Waals surface area contributed by atoms with E-state index in [0.29, 0.717) is 9.13 Å². The van der Waals surface area contributed by atoms with Gasteiger partial charge in [-0.25, -0.2) is 33.9 Å². The molecule has 0 aliphatic rings. The van der Waals surface area contributed by atoms with Crippen molar-refractivity contribution in [3.8, 4) is 5.95 Å². The summed E-state index contributed by atoms with van der Waals surface area (Å²) in [4.78, 5) is 47.3. The Hall–Kier alpha value is -2.84. The standard InChI is InChI=1S/C8H6N6O3/c1-2-13-6(15)12-7(16)14(8(13)17)5-10-3-9-4-11-5/h2-4H,1H2,(H,12,15,16). The highest BCUT2D eigenvalue weighted by Gasteiger charge is 2.11. The van der Waals surface area contributed by atoms with Gasteiger partial charge in [0.25, 0.3) is 0 Å². The fourth-order valence-electron chi connectivity index (χ4n) is 1.18. The molecule has 0 saturated carbocycles. The number of nitrogens with one attached hydrogen (secondary N) is 1. The molecule has 9 nitrogen and oxygen atoms in total. The molecule has 0 aliphatic heterocycles. The molecule has 0 radical (unpaired) electrons. The van der Waals surface area contributed by atoms with E-state index in [4.69, 9.17) is 0 Å². The number of hydrogen-bond donors (Lipinski definition) is 1. The van der Waals surface area contributed by atoms with E-state index in [-0.39, 0.29) is 5.95 Å². The number of aromatic amines is 1. The topological polar surface area (TPSA) is 116 Å². The largest absolute Gasteiger partial charge is 0.347 e. The van der Waals surface area contributed by atoms with Gasteiger partial charge in [0.1, 0.15) is 12.7 Å². The molecule has 0 aliphatic carbocycles. The minimum Gasteiger partial charge on any atom is -0.258 e. The second kappa shape index (κ2) is 3.96. The minimum absolute atomic E-state index is 0.179. The van der Waals surface area contributed by atoms with Crippen LogP contribution in [-0.4, -0.2) is 29.1 Å². The van der Waals surface area contributed by atoms with Crippen molar-refractivity contribution >= 4 is 6.20 Å². The molecule has 0 aromatic carbocycles. The van der Waals surface area contributed by atoms with Gasteiger partial charge in [-0.1, -0.05) is 6.58 Å². The van der Waals surface area contributed by atoms with Crippen LogP contribution in [0.25, 0.3) is 12.1 Å². The van der Waals surface area contributed by atoms with Crippen molar-refractivity contribution in [3.05, 3.63) is 50.7 Å². The lowest BCUT2D eigenvalue weighted by Crippen LogP contribution is -2.47. The van der Waals surface area contributed by atoms with Crippen LogP contribution in [0.4, 0.5) is 0 Å². The Kier molecular flexibility index (Phi) is 2.49. The first kappa shape index (κ1) is 10.7. The Balaban J connectivity index is 2.90. The van der Waals surface area contributed by atoms with E-state index < -0.39 is 17.1 Å². The summed E-state index contributed by atoms with van der Waals surface area (Å²) >= 11 is 0. The lowest BCUT2D eigenvalue weighted by Gasteiger charge is -2.02. The third-order valence-electron chi connectivity index (χ3n) is 1.90. The van der Waals surface area contributed by atoms with Gasteiger partial charge < -0.3 is 0 Å². The Morgan fingerprint density at radius 3 is 2.41 bits per heavy atom. The lowest BCUT2D eigenvalue weighted by molar-refractivity contribution is 0.702. The summed E-state index contributed by atoms with van der Waals surface area (Å²) in [5, 5.41) is 0. The minimum atomic E-state index is -0.927. The summed E-state index contributed by atoms with van der Waals surface area (Å²) in [5.41, 5.74) is -2.70. The van der Waals surface area contributed by atoms with Crippen LogP contribution in [0.1, 0.15) is 0 Å². The zero-order valence-corrected chi connectivity index (χ0v) is 8.40. The van der Waals surface area contributed by atoms with E-state index in [2.05, 4.69) is 21.5 Å². The molecular formula is C8H6N6O3. The average molecular weight is 234 g/mol. The molecule has 2 aromatic rings. The molecular weight excluding hydrogens is 228 g/mol. The van der Waals surface area contributed by atoms with Crippen molar-refractivity contribution in [1.29, 1.82) is 0 Å². The van der Waals surface area contributed by atoms with E-state index in [1.165, 1.54) is 0 Å². The fourth-order valence-corrected chi connectivity index (χ4v) is 1.18. The highest BCUT2D eigenvalue weighted by atomic mass is 16.2. The number of nitrogens with zero attached hydrogens (tertiary/aromatic N) is 5. The summed E-state index contributed by atoms with van der Waals surface area (Å²) in [7, 11) is 0. The molecule has 86 valence electrons. The Morgan fingerprint density at radius 2 is 1.82 bits per heavy atom. The van der Waals surface area contributed by atoms with Crippen LogP contribution in [0.15, 0.2) is 33.6 Å². The molecule has 0 atom stereocenters. The third kappa shape index (κ3) is 1.69. The van der Waals surface area contributed by atoms with Crippen LogP contribution < -0.4 is 17.1 Å². The monoisotopic (exact) mass is 234 g/mol. The Labute approximate surface area is 92.8 Å². The molecule has 0 unspecified atom stereocenters. The molecule has 0 saturated heterocycles. The normalized spacial score (nSPS) is 10.1. The van der Waals surface area contributed by atoms with Crippen molar-refractivity contribution in [2.24, 2.45) is 0 Å². The first-order chi connectivity index (χ1) is 8.15. The third-order valence-corrected chi connectivity index (χ3v) is 1.90. The maximum absolute atomic E-state index is 11.8. The van der Waals surface area contributed by atoms with Gasteiger partial charge in [-0.15, -0.1) is 0 Å². The molecule has 9 heteroatoms. The smallest absolute Gasteiger partial charge is 0.258 e. The molecule has 0 bridgehead atoms. The zero-order chi connectivity index (χ0) is 12.4. The van der Waals surface area contributed by atoms with Crippen molar-refractivity contribution in [2.45, 2.75) is 0 Å². The number of rotatable bonds is 2. The van der Waals surface area contributed by atoms with Crippen molar-refractivity contribution in [2.75, 3.05) is 0 Å². The van der Waals surface area contributed by atoms with Gasteiger partial charge in [0, 0.05) is 6.20 Å². The van der Waals surface area contributed by atoms with Crippen LogP contribution in [0.3, 0.4) is 0 Å². The van der Waals surface area contributed by atoms with Gasteiger partial charge in [0.2, 0.25) is 5.95 Å². The summed E-state index contributed by atoms with van der Waals surface area (Å²) in [6, 6.07) is 0. The average Bonchev–Trinajstić information content (AvgIpc) is 2.30. The SMILES string of the molecule is C=Cn1c(=O)[nH]c(=O)n(-c2ncncn2)c1=O. The maximum Gasteiger partial charge on any atom is 0.347 e. The molecule has 0 amide bonds. The predicted octanol–water partition coefficient (Wildman–Crippen LogP) is -2.03. The van der Waals surface area contributed by atoms with Crippen molar-refractivity contribution in [1.82, 2.24) is 29.1 Å². The lowest BCUT2D eigenvalue weighted by atomic mass is 10.7. The van der Waals surface area contributed by atoms with E-state index in [1.807, 2.05) is 4.98 Å². The van der Waals surface area contributed by atoms with Gasteiger partial charge in [0.05, 0.1) is 0 Å². The van der Waals surface area contributed by atoms with Crippen LogP contribution in [-0.2, 0) is 0 Å². The molecule has 1 N–H and O–H groups in total. The zero-order valence-electron chi connectivity index (χ0n) is 8.40. The highest BCUT2D eigenvalue weighted by Crippen LogP contribution is 1.85. The van der Waals surface area contributed by atoms with Gasteiger partial charge >= 0.3 is 17.1 Å². The molecule has 2 rings (SSSR count). The van der Waals surface area contributed by atoms with Crippen LogP contribution in [0, 0.1) is 0 Å². The Morgan fingerprint density at radius 1 is 1.18 bits per heavy atom. The van der Waals surface area contributed by atoms with E-state index in [0.717, 1.165) is 18.9 Å². The predicted molar refractivity (Wildman–Crippen MR) is 56.7 cm³/mol. The summed E-state index contributed by atoms with van der Waals surface area (Å²) < 4.78 is 1.23. The molecule has 2 heterocycles. The van der Waals surface area contributed by atoms with Crippen LogP contribution in [0.5, 0.6) is 0 Å².